The number of halogens is 1. The number of hydrogen-bond acceptors (Lipinski definition) is 4. The summed E-state index contributed by atoms with van der Waals surface area (Å²) in [6.45, 7) is 0.402. The highest BCUT2D eigenvalue weighted by atomic mass is 35.5. The number of rotatable bonds is 2. The average Bonchev–Trinajstić information content (AvgIpc) is 2.27. The van der Waals surface area contributed by atoms with E-state index >= 15 is 0 Å². The fourth-order valence-electron chi connectivity index (χ4n) is 1.66. The van der Waals surface area contributed by atoms with Crippen LogP contribution in [0.25, 0.3) is 0 Å². The van der Waals surface area contributed by atoms with Gasteiger partial charge in [0, 0.05) is 18.7 Å². The lowest BCUT2D eigenvalue weighted by atomic mass is 10.0. The van der Waals surface area contributed by atoms with E-state index < -0.39 is 18.0 Å². The van der Waals surface area contributed by atoms with Gasteiger partial charge in [-0.3, -0.25) is 10.1 Å². The number of fused-ring (bicyclic) bond motifs is 1. The van der Waals surface area contributed by atoms with Crippen LogP contribution < -0.4 is 5.32 Å². The molecule has 0 saturated carbocycles. The summed E-state index contributed by atoms with van der Waals surface area (Å²) < 4.78 is 0. The predicted octanol–water partition coefficient (Wildman–Crippen LogP) is 0.300. The van der Waals surface area contributed by atoms with E-state index in [9.17, 15) is 9.59 Å². The Kier molecular flexibility index (Phi) is 4.03. The largest absolute Gasteiger partial charge is 0.480 e. The Morgan fingerprint density at radius 2 is 2.06 bits per heavy atom. The molecule has 2 heterocycles. The van der Waals surface area contributed by atoms with Gasteiger partial charge in [0.05, 0.1) is 0 Å². The second kappa shape index (κ2) is 5.11. The van der Waals surface area contributed by atoms with E-state index in [1.165, 1.54) is 6.07 Å². The zero-order valence-corrected chi connectivity index (χ0v) is 9.53. The molecule has 1 atom stereocenters. The highest BCUT2D eigenvalue weighted by Crippen LogP contribution is 2.15. The van der Waals surface area contributed by atoms with Crippen LogP contribution in [0.5, 0.6) is 0 Å². The summed E-state index contributed by atoms with van der Waals surface area (Å²) in [6, 6.07) is 2.39. The number of nitrogens with one attached hydrogen (secondary N) is 1. The number of aromatic nitrogens is 1. The molecule has 2 rings (SSSR count). The van der Waals surface area contributed by atoms with Crippen LogP contribution >= 0.6 is 12.4 Å². The van der Waals surface area contributed by atoms with E-state index in [0.29, 0.717) is 12.2 Å². The zero-order chi connectivity index (χ0) is 11.7. The van der Waals surface area contributed by atoms with Crippen molar-refractivity contribution in [2.45, 2.75) is 19.0 Å². The van der Waals surface area contributed by atoms with E-state index in [4.69, 9.17) is 10.2 Å². The molecule has 3 N–H and O–H groups in total. The maximum Gasteiger partial charge on any atom is 0.354 e. The molecule has 0 bridgehead atoms. The van der Waals surface area contributed by atoms with Crippen molar-refractivity contribution in [3.8, 4) is 0 Å². The molecular weight excluding hydrogens is 248 g/mol. The van der Waals surface area contributed by atoms with Crippen molar-refractivity contribution in [3.05, 3.63) is 29.1 Å². The number of pyridine rings is 1. The fraction of sp³-hybridized carbons (Fsp3) is 0.300. The van der Waals surface area contributed by atoms with Crippen molar-refractivity contribution >= 4 is 24.3 Å². The topological polar surface area (TPSA) is 99.5 Å². The van der Waals surface area contributed by atoms with Gasteiger partial charge in [0.1, 0.15) is 11.7 Å². The van der Waals surface area contributed by atoms with Crippen molar-refractivity contribution in [3.63, 3.8) is 0 Å². The van der Waals surface area contributed by atoms with Crippen molar-refractivity contribution in [2.75, 3.05) is 0 Å². The number of carbonyl (C=O) groups is 2. The van der Waals surface area contributed by atoms with Gasteiger partial charge in [-0.05, 0) is 11.6 Å². The van der Waals surface area contributed by atoms with Crippen LogP contribution in [0.15, 0.2) is 12.1 Å². The van der Waals surface area contributed by atoms with Gasteiger partial charge in [-0.1, -0.05) is 6.07 Å². The average molecular weight is 259 g/mol. The molecule has 0 radical (unpaired) electrons. The quantitative estimate of drug-likeness (QED) is 0.706. The third-order valence-corrected chi connectivity index (χ3v) is 2.52. The van der Waals surface area contributed by atoms with Crippen molar-refractivity contribution in [1.82, 2.24) is 10.3 Å². The van der Waals surface area contributed by atoms with E-state index in [2.05, 4.69) is 10.3 Å². The molecule has 0 spiro atoms. The molecule has 1 aromatic rings. The standard InChI is InChI=1S/C10H10N2O4.ClH/c13-9(14)6-2-1-5-4-11-8(10(15)16)3-7(5)12-6;/h1-2,8,11H,3-4H2,(H,13,14)(H,15,16);1H. The lowest BCUT2D eigenvalue weighted by Gasteiger charge is -2.22. The molecule has 0 aliphatic carbocycles. The molecule has 0 saturated heterocycles. The summed E-state index contributed by atoms with van der Waals surface area (Å²) in [6.07, 6.45) is 0.214. The van der Waals surface area contributed by atoms with E-state index in [0.717, 1.165) is 5.56 Å². The smallest absolute Gasteiger partial charge is 0.354 e. The molecular formula is C10H11ClN2O4. The SMILES string of the molecule is Cl.O=C(O)c1ccc2c(n1)CC(C(=O)O)NC2. The molecule has 0 amide bonds. The van der Waals surface area contributed by atoms with Gasteiger partial charge in [-0.2, -0.15) is 0 Å². The fourth-order valence-corrected chi connectivity index (χ4v) is 1.66. The van der Waals surface area contributed by atoms with Crippen molar-refractivity contribution in [2.24, 2.45) is 0 Å². The Balaban J connectivity index is 0.00000144. The first-order valence-corrected chi connectivity index (χ1v) is 4.76. The molecule has 6 nitrogen and oxygen atoms in total. The molecule has 92 valence electrons. The summed E-state index contributed by atoms with van der Waals surface area (Å²) >= 11 is 0. The van der Waals surface area contributed by atoms with Crippen LogP contribution in [-0.4, -0.2) is 33.2 Å². The summed E-state index contributed by atoms with van der Waals surface area (Å²) in [5.74, 6) is -2.05. The van der Waals surface area contributed by atoms with E-state index in [-0.39, 0.29) is 24.5 Å². The Labute approximate surface area is 103 Å². The van der Waals surface area contributed by atoms with Gasteiger partial charge in [0.15, 0.2) is 0 Å². The normalized spacial score (nSPS) is 17.8. The van der Waals surface area contributed by atoms with Gasteiger partial charge < -0.3 is 10.2 Å². The zero-order valence-electron chi connectivity index (χ0n) is 8.71. The van der Waals surface area contributed by atoms with Gasteiger partial charge in [-0.15, -0.1) is 12.4 Å². The van der Waals surface area contributed by atoms with Gasteiger partial charge in [0.25, 0.3) is 0 Å². The lowest BCUT2D eigenvalue weighted by Crippen LogP contribution is -2.42. The highest BCUT2D eigenvalue weighted by molar-refractivity contribution is 5.85. The highest BCUT2D eigenvalue weighted by Gasteiger charge is 2.25. The van der Waals surface area contributed by atoms with E-state index in [1.54, 1.807) is 6.07 Å². The minimum atomic E-state index is -1.10. The molecule has 1 aliphatic heterocycles. The first-order chi connectivity index (χ1) is 7.58. The van der Waals surface area contributed by atoms with Crippen molar-refractivity contribution in [1.29, 1.82) is 0 Å². The molecule has 0 fully saturated rings. The van der Waals surface area contributed by atoms with Gasteiger partial charge in [-0.25, -0.2) is 9.78 Å². The monoisotopic (exact) mass is 258 g/mol. The Hall–Kier alpha value is -1.66. The number of nitrogens with zero attached hydrogens (tertiary/aromatic N) is 1. The third-order valence-electron chi connectivity index (χ3n) is 2.52. The summed E-state index contributed by atoms with van der Waals surface area (Å²) in [5.41, 5.74) is 1.35. The first kappa shape index (κ1) is 13.4. The second-order valence-corrected chi connectivity index (χ2v) is 3.58. The number of hydrogen-bond donors (Lipinski definition) is 3. The molecule has 7 heteroatoms. The van der Waals surface area contributed by atoms with Crippen LogP contribution in [-0.2, 0) is 17.8 Å². The number of carboxylic acids is 2. The van der Waals surface area contributed by atoms with Crippen LogP contribution in [0.3, 0.4) is 0 Å². The van der Waals surface area contributed by atoms with Crippen LogP contribution in [0.1, 0.15) is 21.7 Å². The van der Waals surface area contributed by atoms with Gasteiger partial charge in [0.2, 0.25) is 0 Å². The maximum absolute atomic E-state index is 10.8. The minimum absolute atomic E-state index is 0. The number of aliphatic carboxylic acids is 1. The van der Waals surface area contributed by atoms with Crippen molar-refractivity contribution < 1.29 is 19.8 Å². The third kappa shape index (κ3) is 2.72. The Bertz CT molecular complexity index is 464. The maximum atomic E-state index is 10.8. The Morgan fingerprint density at radius 1 is 1.35 bits per heavy atom. The second-order valence-electron chi connectivity index (χ2n) is 3.58. The van der Waals surface area contributed by atoms with Gasteiger partial charge >= 0.3 is 11.9 Å². The predicted molar refractivity (Wildman–Crippen MR) is 60.4 cm³/mol. The molecule has 1 aliphatic rings. The van der Waals surface area contributed by atoms with E-state index in [1.807, 2.05) is 0 Å². The first-order valence-electron chi connectivity index (χ1n) is 4.76. The summed E-state index contributed by atoms with van der Waals surface area (Å²) in [7, 11) is 0. The molecule has 1 unspecified atom stereocenters. The Morgan fingerprint density at radius 3 is 2.65 bits per heavy atom. The van der Waals surface area contributed by atoms with Crippen LogP contribution in [0, 0.1) is 0 Å². The van der Waals surface area contributed by atoms with Crippen LogP contribution in [0.2, 0.25) is 0 Å². The molecule has 17 heavy (non-hydrogen) atoms. The minimum Gasteiger partial charge on any atom is -0.480 e. The van der Waals surface area contributed by atoms with Crippen LogP contribution in [0.4, 0.5) is 0 Å². The number of carboxylic acid groups (broad SMARTS) is 2. The lowest BCUT2D eigenvalue weighted by molar-refractivity contribution is -0.139. The summed E-state index contributed by atoms with van der Waals surface area (Å²) in [5, 5.41) is 20.4. The molecule has 1 aromatic heterocycles. The summed E-state index contributed by atoms with van der Waals surface area (Å²) in [4.78, 5) is 25.4. The molecule has 0 aromatic carbocycles. The number of aromatic carboxylic acids is 1.